The first kappa shape index (κ1) is 17.2. The summed E-state index contributed by atoms with van der Waals surface area (Å²) in [5, 5.41) is 8.70. The van der Waals surface area contributed by atoms with Crippen LogP contribution in [0.1, 0.15) is 36.7 Å². The Morgan fingerprint density at radius 3 is 2.19 bits per heavy atom. The molecule has 0 radical (unpaired) electrons. The molecule has 1 N–H and O–H groups in total. The molecule has 0 aliphatic rings. The molecular weight excluding hydrogens is 268 g/mol. The van der Waals surface area contributed by atoms with Gasteiger partial charge in [-0.1, -0.05) is 19.1 Å². The SMILES string of the molecule is CCN(Cc1ccc(C(=O)N(C)CC(=O)O)cc1)C(C)C. The second-order valence-electron chi connectivity index (χ2n) is 5.41. The Morgan fingerprint density at radius 1 is 1.19 bits per heavy atom. The van der Waals surface area contributed by atoms with Crippen LogP contribution in [0, 0.1) is 0 Å². The van der Waals surface area contributed by atoms with Crippen LogP contribution in [-0.4, -0.2) is 53.0 Å². The second kappa shape index (κ2) is 7.78. The monoisotopic (exact) mass is 292 g/mol. The fraction of sp³-hybridized carbons (Fsp3) is 0.500. The molecule has 1 aromatic carbocycles. The van der Waals surface area contributed by atoms with Gasteiger partial charge in [0, 0.05) is 25.2 Å². The molecular formula is C16H24N2O3. The predicted octanol–water partition coefficient (Wildman–Crippen LogP) is 2.07. The number of rotatable bonds is 7. The number of carboxylic acids is 1. The van der Waals surface area contributed by atoms with E-state index in [2.05, 4.69) is 25.7 Å². The predicted molar refractivity (Wildman–Crippen MR) is 82.3 cm³/mol. The normalized spacial score (nSPS) is 11.0. The summed E-state index contributed by atoms with van der Waals surface area (Å²) in [6, 6.07) is 7.83. The highest BCUT2D eigenvalue weighted by atomic mass is 16.4. The number of hydrogen-bond donors (Lipinski definition) is 1. The smallest absolute Gasteiger partial charge is 0.323 e. The molecule has 0 aliphatic heterocycles. The summed E-state index contributed by atoms with van der Waals surface area (Å²) in [5.74, 6) is -1.29. The summed E-state index contributed by atoms with van der Waals surface area (Å²) in [5.41, 5.74) is 1.65. The molecule has 0 aromatic heterocycles. The number of carbonyl (C=O) groups excluding carboxylic acids is 1. The molecule has 1 rings (SSSR count). The lowest BCUT2D eigenvalue weighted by atomic mass is 10.1. The minimum absolute atomic E-state index is 0.278. The van der Waals surface area contributed by atoms with E-state index in [4.69, 9.17) is 5.11 Å². The fourth-order valence-electron chi connectivity index (χ4n) is 2.14. The van der Waals surface area contributed by atoms with Crippen LogP contribution in [0.15, 0.2) is 24.3 Å². The lowest BCUT2D eigenvalue weighted by molar-refractivity contribution is -0.137. The Labute approximate surface area is 126 Å². The highest BCUT2D eigenvalue weighted by molar-refractivity contribution is 5.95. The van der Waals surface area contributed by atoms with Crippen LogP contribution in [0.25, 0.3) is 0 Å². The maximum absolute atomic E-state index is 12.0. The highest BCUT2D eigenvalue weighted by Gasteiger charge is 2.14. The van der Waals surface area contributed by atoms with Crippen molar-refractivity contribution in [2.75, 3.05) is 20.1 Å². The summed E-state index contributed by atoms with van der Waals surface area (Å²) in [6.45, 7) is 7.95. The number of benzene rings is 1. The summed E-state index contributed by atoms with van der Waals surface area (Å²) in [7, 11) is 1.49. The largest absolute Gasteiger partial charge is 0.480 e. The van der Waals surface area contributed by atoms with Crippen LogP contribution in [-0.2, 0) is 11.3 Å². The number of carbonyl (C=O) groups is 2. The topological polar surface area (TPSA) is 60.9 Å². The number of nitrogens with zero attached hydrogens (tertiary/aromatic N) is 2. The van der Waals surface area contributed by atoms with Crippen molar-refractivity contribution in [3.8, 4) is 0 Å². The molecule has 5 nitrogen and oxygen atoms in total. The first-order valence-electron chi connectivity index (χ1n) is 7.15. The van der Waals surface area contributed by atoms with E-state index >= 15 is 0 Å². The zero-order chi connectivity index (χ0) is 16.0. The van der Waals surface area contributed by atoms with Gasteiger partial charge < -0.3 is 10.0 Å². The molecule has 0 aliphatic carbocycles. The van der Waals surface area contributed by atoms with Gasteiger partial charge in [0.25, 0.3) is 5.91 Å². The summed E-state index contributed by atoms with van der Waals surface area (Å²) in [4.78, 5) is 26.2. The van der Waals surface area contributed by atoms with E-state index in [9.17, 15) is 9.59 Å². The molecule has 0 saturated carbocycles. The lowest BCUT2D eigenvalue weighted by Crippen LogP contribution is -2.32. The Bertz CT molecular complexity index is 483. The van der Waals surface area contributed by atoms with E-state index < -0.39 is 5.97 Å². The third-order valence-electron chi connectivity index (χ3n) is 3.44. The Hall–Kier alpha value is -1.88. The van der Waals surface area contributed by atoms with Crippen molar-refractivity contribution in [3.05, 3.63) is 35.4 Å². The molecule has 1 aromatic rings. The van der Waals surface area contributed by atoms with Gasteiger partial charge in [0.15, 0.2) is 0 Å². The summed E-state index contributed by atoms with van der Waals surface area (Å²) in [6.07, 6.45) is 0. The van der Waals surface area contributed by atoms with E-state index in [0.717, 1.165) is 18.7 Å². The van der Waals surface area contributed by atoms with Gasteiger partial charge in [0.1, 0.15) is 6.54 Å². The first-order valence-corrected chi connectivity index (χ1v) is 7.15. The van der Waals surface area contributed by atoms with Gasteiger partial charge in [-0.15, -0.1) is 0 Å². The molecule has 0 saturated heterocycles. The van der Waals surface area contributed by atoms with Crippen molar-refractivity contribution in [2.24, 2.45) is 0 Å². The molecule has 0 spiro atoms. The van der Waals surface area contributed by atoms with Gasteiger partial charge in [-0.05, 0) is 38.1 Å². The van der Waals surface area contributed by atoms with Gasteiger partial charge in [-0.25, -0.2) is 0 Å². The van der Waals surface area contributed by atoms with E-state index in [-0.39, 0.29) is 12.5 Å². The van der Waals surface area contributed by atoms with Gasteiger partial charge in [-0.3, -0.25) is 14.5 Å². The molecule has 0 bridgehead atoms. The van der Waals surface area contributed by atoms with Crippen LogP contribution < -0.4 is 0 Å². The summed E-state index contributed by atoms with van der Waals surface area (Å²) >= 11 is 0. The van der Waals surface area contributed by atoms with E-state index in [1.54, 1.807) is 12.1 Å². The molecule has 5 heteroatoms. The third-order valence-corrected chi connectivity index (χ3v) is 3.44. The fourth-order valence-corrected chi connectivity index (χ4v) is 2.14. The molecule has 116 valence electrons. The standard InChI is InChI=1S/C16H24N2O3/c1-5-18(12(2)3)10-13-6-8-14(9-7-13)16(21)17(4)11-15(19)20/h6-9,12H,5,10-11H2,1-4H3,(H,19,20). The quantitative estimate of drug-likeness (QED) is 0.836. The van der Waals surface area contributed by atoms with Gasteiger partial charge >= 0.3 is 5.97 Å². The highest BCUT2D eigenvalue weighted by Crippen LogP contribution is 2.11. The van der Waals surface area contributed by atoms with E-state index in [1.807, 2.05) is 12.1 Å². The Balaban J connectivity index is 2.73. The number of likely N-dealkylation sites (N-methyl/N-ethyl adjacent to an activating group) is 1. The van der Waals surface area contributed by atoms with Gasteiger partial charge in [0.2, 0.25) is 0 Å². The lowest BCUT2D eigenvalue weighted by Gasteiger charge is -2.24. The molecule has 21 heavy (non-hydrogen) atoms. The maximum atomic E-state index is 12.0. The number of amides is 1. The van der Waals surface area contributed by atoms with E-state index in [0.29, 0.717) is 11.6 Å². The number of aliphatic carboxylic acids is 1. The Kier molecular flexibility index (Phi) is 6.37. The Morgan fingerprint density at radius 2 is 1.76 bits per heavy atom. The molecule has 0 fully saturated rings. The van der Waals surface area contributed by atoms with Crippen molar-refractivity contribution in [1.29, 1.82) is 0 Å². The van der Waals surface area contributed by atoms with Crippen molar-refractivity contribution < 1.29 is 14.7 Å². The van der Waals surface area contributed by atoms with Crippen LogP contribution in [0.3, 0.4) is 0 Å². The van der Waals surface area contributed by atoms with Crippen molar-refractivity contribution >= 4 is 11.9 Å². The van der Waals surface area contributed by atoms with Gasteiger partial charge in [-0.2, -0.15) is 0 Å². The summed E-state index contributed by atoms with van der Waals surface area (Å²) < 4.78 is 0. The minimum Gasteiger partial charge on any atom is -0.480 e. The average Bonchev–Trinajstić information content (AvgIpc) is 2.43. The molecule has 1 amide bonds. The third kappa shape index (κ3) is 5.19. The van der Waals surface area contributed by atoms with Crippen molar-refractivity contribution in [1.82, 2.24) is 9.80 Å². The maximum Gasteiger partial charge on any atom is 0.323 e. The zero-order valence-corrected chi connectivity index (χ0v) is 13.2. The molecule has 0 atom stereocenters. The molecule has 0 unspecified atom stereocenters. The van der Waals surface area contributed by atoms with Crippen molar-refractivity contribution in [3.63, 3.8) is 0 Å². The number of hydrogen-bond acceptors (Lipinski definition) is 3. The van der Waals surface area contributed by atoms with Gasteiger partial charge in [0.05, 0.1) is 0 Å². The van der Waals surface area contributed by atoms with Crippen LogP contribution in [0.5, 0.6) is 0 Å². The first-order chi connectivity index (χ1) is 9.85. The number of carboxylic acid groups (broad SMARTS) is 1. The average molecular weight is 292 g/mol. The zero-order valence-electron chi connectivity index (χ0n) is 13.2. The molecule has 0 heterocycles. The second-order valence-corrected chi connectivity index (χ2v) is 5.41. The van der Waals surface area contributed by atoms with Crippen LogP contribution >= 0.6 is 0 Å². The van der Waals surface area contributed by atoms with E-state index in [1.165, 1.54) is 11.9 Å². The van der Waals surface area contributed by atoms with Crippen LogP contribution in [0.4, 0.5) is 0 Å². The van der Waals surface area contributed by atoms with Crippen LogP contribution in [0.2, 0.25) is 0 Å². The minimum atomic E-state index is -1.02. The van der Waals surface area contributed by atoms with Crippen molar-refractivity contribution in [2.45, 2.75) is 33.4 Å².